The van der Waals surface area contributed by atoms with Gasteiger partial charge in [-0.05, 0) is 73.5 Å². The van der Waals surface area contributed by atoms with Gasteiger partial charge in [0.15, 0.2) is 0 Å². The number of hydrogen-bond donors (Lipinski definition) is 2. The molecule has 0 saturated carbocycles. The molecule has 2 aliphatic heterocycles. The molecule has 1 amide bonds. The maximum absolute atomic E-state index is 12.2. The Morgan fingerprint density at radius 2 is 1.97 bits per heavy atom. The molecule has 0 spiro atoms. The smallest absolute Gasteiger partial charge is 0.250 e. The van der Waals surface area contributed by atoms with Gasteiger partial charge in [-0.15, -0.1) is 11.3 Å². The Labute approximate surface area is 210 Å². The zero-order valence-corrected chi connectivity index (χ0v) is 21.6. The van der Waals surface area contributed by atoms with Gasteiger partial charge in [0.25, 0.3) is 5.91 Å². The molecule has 4 heterocycles. The van der Waals surface area contributed by atoms with Gasteiger partial charge in [-0.2, -0.15) is 0 Å². The van der Waals surface area contributed by atoms with E-state index in [4.69, 9.17) is 5.73 Å². The van der Waals surface area contributed by atoms with Crippen molar-refractivity contribution in [1.82, 2.24) is 19.1 Å². The molecule has 2 saturated heterocycles. The van der Waals surface area contributed by atoms with Crippen molar-refractivity contribution >= 4 is 40.1 Å². The fraction of sp³-hybridized carbons (Fsp3) is 0.500. The summed E-state index contributed by atoms with van der Waals surface area (Å²) in [6, 6.07) is 8.31. The van der Waals surface area contributed by atoms with Gasteiger partial charge in [0.2, 0.25) is 0 Å². The van der Waals surface area contributed by atoms with Crippen LogP contribution in [0.25, 0.3) is 21.3 Å². The highest BCUT2D eigenvalue weighted by Gasteiger charge is 2.25. The van der Waals surface area contributed by atoms with Crippen LogP contribution in [0.1, 0.15) is 41.1 Å². The fourth-order valence-electron chi connectivity index (χ4n) is 5.22. The highest BCUT2D eigenvalue weighted by molar-refractivity contribution is 7.97. The molecule has 2 fully saturated rings. The molecule has 2 aliphatic rings. The van der Waals surface area contributed by atoms with Crippen LogP contribution in [0.3, 0.4) is 0 Å². The van der Waals surface area contributed by atoms with Crippen LogP contribution in [0.15, 0.2) is 35.8 Å². The number of nitrogens with two attached hydrogens (primary N) is 1. The Balaban J connectivity index is 1.19. The van der Waals surface area contributed by atoms with Crippen molar-refractivity contribution in [2.24, 2.45) is 5.73 Å². The third-order valence-corrected chi connectivity index (χ3v) is 9.40. The molecule has 182 valence electrons. The fourth-order valence-corrected chi connectivity index (χ4v) is 6.92. The van der Waals surface area contributed by atoms with Gasteiger partial charge in [-0.3, -0.25) is 9.10 Å². The molecule has 1 aromatic carbocycles. The van der Waals surface area contributed by atoms with E-state index in [-0.39, 0.29) is 5.91 Å². The molecule has 2 aromatic heterocycles. The van der Waals surface area contributed by atoms with Gasteiger partial charge in [0.1, 0.15) is 0 Å². The second-order valence-electron chi connectivity index (χ2n) is 9.57. The van der Waals surface area contributed by atoms with Gasteiger partial charge in [0.05, 0.1) is 11.1 Å². The van der Waals surface area contributed by atoms with Crippen LogP contribution in [0.4, 0.5) is 0 Å². The van der Waals surface area contributed by atoms with Crippen molar-refractivity contribution < 1.29 is 4.79 Å². The molecule has 34 heavy (non-hydrogen) atoms. The topological polar surface area (TPSA) is 68.6 Å². The molecule has 8 heteroatoms. The Morgan fingerprint density at radius 3 is 2.68 bits per heavy atom. The standard InChI is InChI=1S/C26H35N5OS2/c1-29-10-12-30(13-11-29)7-3-15-34-31-8-5-19(6-9-31)23-18-28-25-21(23)16-20(17-22(25)26(27)32)24-4-2-14-33-24/h2,4,14,16-19,28H,3,5-13,15H2,1H3,(H2,27,32). The Morgan fingerprint density at radius 1 is 1.18 bits per heavy atom. The van der Waals surface area contributed by atoms with E-state index in [1.54, 1.807) is 11.3 Å². The molecule has 0 aliphatic carbocycles. The number of likely N-dealkylation sites (N-methyl/N-ethyl adjacent to an activating group) is 1. The largest absolute Gasteiger partial charge is 0.366 e. The number of carbonyl (C=O) groups excluding carboxylic acids is 1. The normalized spacial score (nSPS) is 19.2. The number of aromatic nitrogens is 1. The van der Waals surface area contributed by atoms with Crippen molar-refractivity contribution in [3.63, 3.8) is 0 Å². The third-order valence-electron chi connectivity index (χ3n) is 7.27. The first-order chi connectivity index (χ1) is 16.6. The minimum Gasteiger partial charge on any atom is -0.366 e. The number of benzene rings is 1. The predicted octanol–water partition coefficient (Wildman–Crippen LogP) is 4.46. The number of H-pyrrole nitrogens is 1. The van der Waals surface area contributed by atoms with Gasteiger partial charge in [0, 0.05) is 61.5 Å². The lowest BCUT2D eigenvalue weighted by molar-refractivity contribution is 0.100. The number of carbonyl (C=O) groups is 1. The van der Waals surface area contributed by atoms with Crippen LogP contribution in [0.2, 0.25) is 0 Å². The number of nitrogens with zero attached hydrogens (tertiary/aromatic N) is 3. The molecule has 5 rings (SSSR count). The first-order valence-electron chi connectivity index (χ1n) is 12.4. The summed E-state index contributed by atoms with van der Waals surface area (Å²) in [6.07, 6.45) is 5.66. The van der Waals surface area contributed by atoms with Crippen LogP contribution in [0.5, 0.6) is 0 Å². The van der Waals surface area contributed by atoms with E-state index < -0.39 is 0 Å². The Kier molecular flexibility index (Phi) is 7.61. The number of piperidine rings is 1. The number of thiophene rings is 1. The van der Waals surface area contributed by atoms with Gasteiger partial charge < -0.3 is 20.5 Å². The summed E-state index contributed by atoms with van der Waals surface area (Å²) in [5, 5.41) is 3.22. The monoisotopic (exact) mass is 497 g/mol. The number of fused-ring (bicyclic) bond motifs is 1. The van der Waals surface area contributed by atoms with Crippen molar-refractivity contribution in [3.8, 4) is 10.4 Å². The summed E-state index contributed by atoms with van der Waals surface area (Å²) >= 11 is 3.72. The zero-order valence-electron chi connectivity index (χ0n) is 20.0. The van der Waals surface area contributed by atoms with Crippen molar-refractivity contribution in [1.29, 1.82) is 0 Å². The van der Waals surface area contributed by atoms with E-state index in [1.165, 1.54) is 55.3 Å². The lowest BCUT2D eigenvalue weighted by Gasteiger charge is -2.33. The molecular weight excluding hydrogens is 462 g/mol. The Bertz CT molecular complexity index is 1100. The highest BCUT2D eigenvalue weighted by Crippen LogP contribution is 2.38. The minimum atomic E-state index is -0.375. The van der Waals surface area contributed by atoms with Gasteiger partial charge in [-0.1, -0.05) is 18.0 Å². The van der Waals surface area contributed by atoms with E-state index in [0.717, 1.165) is 42.4 Å². The SMILES string of the molecule is CN1CCN(CCCSN2CCC(c3c[nH]c4c(C(N)=O)cc(-c5cccs5)cc34)CC2)CC1. The summed E-state index contributed by atoms with van der Waals surface area (Å²) in [7, 11) is 2.21. The molecule has 6 nitrogen and oxygen atoms in total. The maximum Gasteiger partial charge on any atom is 0.250 e. The molecule has 0 bridgehead atoms. The summed E-state index contributed by atoms with van der Waals surface area (Å²) in [4.78, 5) is 21.8. The van der Waals surface area contributed by atoms with Crippen LogP contribution in [-0.2, 0) is 0 Å². The van der Waals surface area contributed by atoms with E-state index in [2.05, 4.69) is 49.8 Å². The first-order valence-corrected chi connectivity index (χ1v) is 14.2. The molecule has 3 aromatic rings. The summed E-state index contributed by atoms with van der Waals surface area (Å²) in [5.74, 6) is 1.34. The van der Waals surface area contributed by atoms with Gasteiger partial charge >= 0.3 is 0 Å². The average Bonchev–Trinajstić information content (AvgIpc) is 3.53. The van der Waals surface area contributed by atoms with Crippen molar-refractivity contribution in [2.75, 3.05) is 58.6 Å². The number of amides is 1. The van der Waals surface area contributed by atoms with Gasteiger partial charge in [-0.25, -0.2) is 0 Å². The summed E-state index contributed by atoms with van der Waals surface area (Å²) in [5.41, 5.74) is 9.62. The van der Waals surface area contributed by atoms with Crippen LogP contribution in [0, 0.1) is 0 Å². The van der Waals surface area contributed by atoms with E-state index in [0.29, 0.717) is 11.5 Å². The second kappa shape index (κ2) is 10.8. The predicted molar refractivity (Wildman–Crippen MR) is 145 cm³/mol. The van der Waals surface area contributed by atoms with Crippen molar-refractivity contribution in [3.05, 3.63) is 47.0 Å². The quantitative estimate of drug-likeness (QED) is 0.355. The number of rotatable bonds is 8. The van der Waals surface area contributed by atoms with Crippen LogP contribution in [-0.4, -0.2) is 83.6 Å². The third kappa shape index (κ3) is 5.36. The first kappa shape index (κ1) is 23.9. The number of primary amides is 1. The zero-order chi connectivity index (χ0) is 23.5. The number of nitrogens with one attached hydrogen (secondary N) is 1. The van der Waals surface area contributed by atoms with Crippen LogP contribution < -0.4 is 5.73 Å². The van der Waals surface area contributed by atoms with E-state index >= 15 is 0 Å². The van der Waals surface area contributed by atoms with E-state index in [1.807, 2.05) is 24.1 Å². The molecule has 0 atom stereocenters. The minimum absolute atomic E-state index is 0.375. The van der Waals surface area contributed by atoms with Crippen molar-refractivity contribution in [2.45, 2.75) is 25.2 Å². The lowest BCUT2D eigenvalue weighted by Crippen LogP contribution is -2.44. The average molecular weight is 498 g/mol. The molecule has 3 N–H and O–H groups in total. The number of hydrogen-bond acceptors (Lipinski definition) is 6. The molecule has 0 unspecified atom stereocenters. The second-order valence-corrected chi connectivity index (χ2v) is 11.7. The van der Waals surface area contributed by atoms with Crippen LogP contribution >= 0.6 is 23.3 Å². The lowest BCUT2D eigenvalue weighted by atomic mass is 9.89. The summed E-state index contributed by atoms with van der Waals surface area (Å²) in [6.45, 7) is 8.27. The maximum atomic E-state index is 12.2. The number of aromatic amines is 1. The Hall–Kier alpha value is -1.84. The van der Waals surface area contributed by atoms with E-state index in [9.17, 15) is 4.79 Å². The summed E-state index contributed by atoms with van der Waals surface area (Å²) < 4.78 is 2.56. The molecular formula is C26H35N5OS2. The number of piperazine rings is 1. The molecule has 0 radical (unpaired) electrons. The highest BCUT2D eigenvalue weighted by atomic mass is 32.2.